The van der Waals surface area contributed by atoms with Gasteiger partial charge in [0.15, 0.2) is 17.3 Å². The van der Waals surface area contributed by atoms with Gasteiger partial charge in [0.2, 0.25) is 0 Å². The van der Waals surface area contributed by atoms with E-state index in [-0.39, 0.29) is 0 Å². The number of nitrogens with zero attached hydrogens (tertiary/aromatic N) is 3. The van der Waals surface area contributed by atoms with Crippen LogP contribution in [0.2, 0.25) is 0 Å². The molecule has 0 unspecified atom stereocenters. The van der Waals surface area contributed by atoms with Crippen molar-refractivity contribution in [3.8, 4) is 62.2 Å². The molecule has 0 spiro atoms. The van der Waals surface area contributed by atoms with Gasteiger partial charge in [-0.3, -0.25) is 0 Å². The second kappa shape index (κ2) is 10.8. The number of para-hydroxylation sites is 2. The minimum absolute atomic E-state index is 0.653. The van der Waals surface area contributed by atoms with E-state index in [1.807, 2.05) is 48.5 Å². The summed E-state index contributed by atoms with van der Waals surface area (Å²) in [6.07, 6.45) is 0. The van der Waals surface area contributed by atoms with Crippen molar-refractivity contribution in [3.05, 3.63) is 164 Å². The molecule has 0 saturated carbocycles. The third kappa shape index (κ3) is 4.28. The highest BCUT2D eigenvalue weighted by Crippen LogP contribution is 2.47. The zero-order chi connectivity index (χ0) is 33.5. The van der Waals surface area contributed by atoms with Crippen LogP contribution in [-0.2, 0) is 0 Å². The molecule has 0 fully saturated rings. The van der Waals surface area contributed by atoms with E-state index in [0.29, 0.717) is 5.82 Å². The lowest BCUT2D eigenvalue weighted by atomic mass is 9.99. The molecule has 0 aliphatic carbocycles. The fraction of sp³-hybridized carbons (Fsp3) is 0. The summed E-state index contributed by atoms with van der Waals surface area (Å²) in [7, 11) is 0. The maximum absolute atomic E-state index is 6.60. The van der Waals surface area contributed by atoms with E-state index < -0.39 is 0 Å². The summed E-state index contributed by atoms with van der Waals surface area (Å²) in [6.45, 7) is 0. The standard InChI is InChI=1S/C46H27N3O2/c1-3-11-28(12-4-1)36-27-37(29-13-5-2-6-14-29)48-46(47-36)34-17-10-19-41-44(34)35-25-30(22-24-40(35)50-41)31-21-23-39-43(26-31)51-42-20-9-16-33-32-15-7-8-18-38(32)49(39)45(33)42/h1-27H. The van der Waals surface area contributed by atoms with E-state index in [4.69, 9.17) is 19.1 Å². The van der Waals surface area contributed by atoms with Crippen molar-refractivity contribution in [1.29, 1.82) is 0 Å². The van der Waals surface area contributed by atoms with E-state index in [2.05, 4.69) is 120 Å². The van der Waals surface area contributed by atoms with E-state index in [9.17, 15) is 0 Å². The van der Waals surface area contributed by atoms with Crippen LogP contribution < -0.4 is 4.74 Å². The number of rotatable bonds is 4. The van der Waals surface area contributed by atoms with Crippen LogP contribution in [0.15, 0.2) is 168 Å². The van der Waals surface area contributed by atoms with Gasteiger partial charge in [-0.15, -0.1) is 0 Å². The second-order valence-corrected chi connectivity index (χ2v) is 13.0. The van der Waals surface area contributed by atoms with E-state index >= 15 is 0 Å². The highest BCUT2D eigenvalue weighted by atomic mass is 16.5. The van der Waals surface area contributed by atoms with E-state index in [0.717, 1.165) is 83.8 Å². The monoisotopic (exact) mass is 653 g/mol. The predicted octanol–water partition coefficient (Wildman–Crippen LogP) is 12.2. The zero-order valence-corrected chi connectivity index (χ0v) is 27.2. The van der Waals surface area contributed by atoms with Gasteiger partial charge >= 0.3 is 0 Å². The van der Waals surface area contributed by atoms with Crippen molar-refractivity contribution >= 4 is 43.7 Å². The zero-order valence-electron chi connectivity index (χ0n) is 27.2. The molecule has 238 valence electrons. The summed E-state index contributed by atoms with van der Waals surface area (Å²) >= 11 is 0. The van der Waals surface area contributed by atoms with Crippen molar-refractivity contribution < 1.29 is 9.15 Å². The molecule has 10 aromatic rings. The molecule has 1 aliphatic rings. The average molecular weight is 654 g/mol. The van der Waals surface area contributed by atoms with Crippen molar-refractivity contribution in [1.82, 2.24) is 14.5 Å². The number of fused-ring (bicyclic) bond motifs is 8. The van der Waals surface area contributed by atoms with Gasteiger partial charge in [-0.05, 0) is 59.7 Å². The summed E-state index contributed by atoms with van der Waals surface area (Å²) in [6, 6.07) is 56.5. The average Bonchev–Trinajstić information content (AvgIpc) is 3.75. The topological polar surface area (TPSA) is 53.1 Å². The van der Waals surface area contributed by atoms with Crippen LogP contribution in [0, 0.1) is 0 Å². The largest absolute Gasteiger partial charge is 0.456 e. The van der Waals surface area contributed by atoms with Gasteiger partial charge in [-0.1, -0.05) is 115 Å². The molecular weight excluding hydrogens is 627 g/mol. The van der Waals surface area contributed by atoms with Gasteiger partial charge < -0.3 is 13.7 Å². The second-order valence-electron chi connectivity index (χ2n) is 13.0. The number of hydrogen-bond donors (Lipinski definition) is 0. The third-order valence-electron chi connectivity index (χ3n) is 10.0. The predicted molar refractivity (Wildman–Crippen MR) is 205 cm³/mol. The quantitative estimate of drug-likeness (QED) is 0.190. The van der Waals surface area contributed by atoms with Crippen LogP contribution in [0.5, 0.6) is 11.5 Å². The number of benzene rings is 7. The van der Waals surface area contributed by atoms with Crippen LogP contribution in [0.4, 0.5) is 0 Å². The highest BCUT2D eigenvalue weighted by Gasteiger charge is 2.24. The van der Waals surface area contributed by atoms with Gasteiger partial charge in [0.25, 0.3) is 0 Å². The first-order chi connectivity index (χ1) is 25.3. The van der Waals surface area contributed by atoms with Crippen LogP contribution in [0.1, 0.15) is 0 Å². The fourth-order valence-corrected chi connectivity index (χ4v) is 7.67. The summed E-state index contributed by atoms with van der Waals surface area (Å²) in [5.41, 5.74) is 11.8. The number of aromatic nitrogens is 3. The molecular formula is C46H27N3O2. The molecule has 0 atom stereocenters. The Balaban J connectivity index is 1.08. The number of ether oxygens (including phenoxy) is 1. The molecule has 3 aromatic heterocycles. The van der Waals surface area contributed by atoms with Crippen molar-refractivity contribution in [3.63, 3.8) is 0 Å². The summed E-state index contributed by atoms with van der Waals surface area (Å²) in [5, 5.41) is 4.41. The van der Waals surface area contributed by atoms with E-state index in [1.54, 1.807) is 0 Å². The first-order valence-corrected chi connectivity index (χ1v) is 17.1. The van der Waals surface area contributed by atoms with E-state index in [1.165, 1.54) is 16.3 Å². The molecule has 0 bridgehead atoms. The molecule has 4 heterocycles. The summed E-state index contributed by atoms with van der Waals surface area (Å²) < 4.78 is 15.4. The minimum atomic E-state index is 0.653. The van der Waals surface area contributed by atoms with Gasteiger partial charge in [0.1, 0.15) is 11.2 Å². The molecule has 5 heteroatoms. The first kappa shape index (κ1) is 27.9. The van der Waals surface area contributed by atoms with Crippen molar-refractivity contribution in [2.24, 2.45) is 0 Å². The van der Waals surface area contributed by atoms with Gasteiger partial charge in [0.05, 0.1) is 28.1 Å². The highest BCUT2D eigenvalue weighted by molar-refractivity contribution is 6.14. The third-order valence-corrected chi connectivity index (χ3v) is 10.0. The Kier molecular flexibility index (Phi) is 5.89. The molecule has 51 heavy (non-hydrogen) atoms. The van der Waals surface area contributed by atoms with Crippen LogP contribution in [0.3, 0.4) is 0 Å². The molecule has 0 saturated heterocycles. The SMILES string of the molecule is c1ccc(-c2cc(-c3ccccc3)nc(-c3cccc4oc5ccc(-c6ccc7c(c6)Oc6cccc8c9ccccc9n-7c68)cc5c34)n2)cc1. The molecule has 0 radical (unpaired) electrons. The van der Waals surface area contributed by atoms with Crippen LogP contribution >= 0.6 is 0 Å². The lowest BCUT2D eigenvalue weighted by Crippen LogP contribution is -2.04. The van der Waals surface area contributed by atoms with Crippen molar-refractivity contribution in [2.45, 2.75) is 0 Å². The Morgan fingerprint density at radius 2 is 1.14 bits per heavy atom. The first-order valence-electron chi connectivity index (χ1n) is 17.1. The molecule has 0 amide bonds. The number of furan rings is 1. The normalized spacial score (nSPS) is 12.1. The van der Waals surface area contributed by atoms with Gasteiger partial charge in [-0.2, -0.15) is 0 Å². The molecule has 7 aromatic carbocycles. The molecule has 5 nitrogen and oxygen atoms in total. The molecule has 1 aliphatic heterocycles. The maximum atomic E-state index is 6.60. The minimum Gasteiger partial charge on any atom is -0.456 e. The van der Waals surface area contributed by atoms with Crippen LogP contribution in [0.25, 0.3) is 94.5 Å². The van der Waals surface area contributed by atoms with Crippen molar-refractivity contribution in [2.75, 3.05) is 0 Å². The lowest BCUT2D eigenvalue weighted by Gasteiger charge is -2.21. The Hall–Kier alpha value is -6.98. The Morgan fingerprint density at radius 1 is 0.451 bits per heavy atom. The number of hydrogen-bond acceptors (Lipinski definition) is 4. The lowest BCUT2D eigenvalue weighted by molar-refractivity contribution is 0.476. The fourth-order valence-electron chi connectivity index (χ4n) is 7.67. The maximum Gasteiger partial charge on any atom is 0.161 e. The van der Waals surface area contributed by atoms with Crippen LogP contribution in [-0.4, -0.2) is 14.5 Å². The summed E-state index contributed by atoms with van der Waals surface area (Å²) in [4.78, 5) is 10.3. The van der Waals surface area contributed by atoms with Gasteiger partial charge in [-0.25, -0.2) is 9.97 Å². The summed E-state index contributed by atoms with van der Waals surface area (Å²) in [5.74, 6) is 2.34. The Bertz CT molecular complexity index is 2940. The van der Waals surface area contributed by atoms with Gasteiger partial charge in [0, 0.05) is 38.2 Å². The Labute approximate surface area is 292 Å². The molecule has 11 rings (SSSR count). The molecule has 0 N–H and O–H groups in total. The Morgan fingerprint density at radius 3 is 1.94 bits per heavy atom. The smallest absolute Gasteiger partial charge is 0.161 e.